The van der Waals surface area contributed by atoms with E-state index in [1.807, 2.05) is 0 Å². The molecule has 1 fully saturated rings. The van der Waals surface area contributed by atoms with Crippen molar-refractivity contribution in [3.05, 3.63) is 46.0 Å². The first kappa shape index (κ1) is 13.3. The van der Waals surface area contributed by atoms with Gasteiger partial charge in [-0.05, 0) is 31.0 Å². The third-order valence-electron chi connectivity index (χ3n) is 3.60. The van der Waals surface area contributed by atoms with Crippen LogP contribution in [0, 0.1) is 22.6 Å². The highest BCUT2D eigenvalue weighted by molar-refractivity contribution is 6.03. The monoisotopic (exact) mass is 286 g/mol. The predicted octanol–water partition coefficient (Wildman–Crippen LogP) is 2.13. The molecule has 5 nitrogen and oxygen atoms in total. The summed E-state index contributed by atoms with van der Waals surface area (Å²) in [6.45, 7) is 0.0117. The van der Waals surface area contributed by atoms with Crippen molar-refractivity contribution in [1.82, 2.24) is 4.98 Å². The van der Waals surface area contributed by atoms with Gasteiger partial charge in [0.1, 0.15) is 12.4 Å². The number of nitrogens with one attached hydrogen (secondary N) is 1. The Balaban J connectivity index is 1.94. The summed E-state index contributed by atoms with van der Waals surface area (Å²) in [6.07, 6.45) is 1.41. The van der Waals surface area contributed by atoms with Gasteiger partial charge in [0.15, 0.2) is 0 Å². The molecule has 0 aliphatic heterocycles. The van der Waals surface area contributed by atoms with E-state index in [4.69, 9.17) is 10.00 Å². The molecule has 0 amide bonds. The van der Waals surface area contributed by atoms with Crippen molar-refractivity contribution >= 4 is 16.9 Å². The molecule has 1 aromatic heterocycles. The number of nitrogens with zero attached hydrogens (tertiary/aromatic N) is 1. The van der Waals surface area contributed by atoms with Crippen LogP contribution in [0.2, 0.25) is 0 Å². The highest BCUT2D eigenvalue weighted by Crippen LogP contribution is 2.45. The number of carbonyl (C=O) groups excluding carboxylic acids is 1. The van der Waals surface area contributed by atoms with Crippen molar-refractivity contribution in [1.29, 1.82) is 5.26 Å². The summed E-state index contributed by atoms with van der Waals surface area (Å²) in [6, 6.07) is 7.00. The number of hydrogen-bond donors (Lipinski definition) is 1. The average molecular weight is 286 g/mol. The van der Waals surface area contributed by atoms with E-state index in [1.165, 1.54) is 12.1 Å². The summed E-state index contributed by atoms with van der Waals surface area (Å²) in [5.74, 6) is -1.19. The van der Waals surface area contributed by atoms with E-state index >= 15 is 0 Å². The number of halogens is 1. The quantitative estimate of drug-likeness (QED) is 0.876. The van der Waals surface area contributed by atoms with Gasteiger partial charge in [-0.1, -0.05) is 0 Å². The average Bonchev–Trinajstić information content (AvgIpc) is 3.24. The SMILES string of the molecule is N#CC1(COC(=O)c2cc(=O)[nH]c3cc(F)ccc23)CC1. The number of ether oxygens (including phenoxy) is 1. The highest BCUT2D eigenvalue weighted by atomic mass is 19.1. The summed E-state index contributed by atoms with van der Waals surface area (Å²) in [4.78, 5) is 26.1. The Bertz CT molecular complexity index is 831. The van der Waals surface area contributed by atoms with Crippen LogP contribution in [-0.4, -0.2) is 17.6 Å². The summed E-state index contributed by atoms with van der Waals surface area (Å²) in [5, 5.41) is 9.35. The van der Waals surface area contributed by atoms with Crippen LogP contribution in [0.25, 0.3) is 10.9 Å². The van der Waals surface area contributed by atoms with Gasteiger partial charge in [0.2, 0.25) is 5.56 Å². The molecule has 2 aromatic rings. The molecule has 21 heavy (non-hydrogen) atoms. The van der Waals surface area contributed by atoms with Crippen molar-refractivity contribution in [3.8, 4) is 6.07 Å². The molecule has 1 heterocycles. The Morgan fingerprint density at radius 2 is 2.19 bits per heavy atom. The highest BCUT2D eigenvalue weighted by Gasteiger charge is 2.44. The number of aromatic amines is 1. The number of rotatable bonds is 3. The van der Waals surface area contributed by atoms with Crippen molar-refractivity contribution in [2.75, 3.05) is 6.61 Å². The number of benzene rings is 1. The number of aromatic nitrogens is 1. The van der Waals surface area contributed by atoms with Gasteiger partial charge in [0, 0.05) is 11.5 Å². The zero-order chi connectivity index (χ0) is 15.0. The fourth-order valence-corrected chi connectivity index (χ4v) is 2.12. The maximum Gasteiger partial charge on any atom is 0.339 e. The lowest BCUT2D eigenvalue weighted by molar-refractivity contribution is 0.0455. The largest absolute Gasteiger partial charge is 0.460 e. The molecule has 1 aliphatic carbocycles. The molecule has 1 aromatic carbocycles. The molecular formula is C15H11FN2O3. The second kappa shape index (κ2) is 4.70. The van der Waals surface area contributed by atoms with Crippen molar-refractivity contribution in [2.45, 2.75) is 12.8 Å². The maximum atomic E-state index is 13.2. The number of nitriles is 1. The standard InChI is InChI=1S/C15H11FN2O3/c16-9-1-2-10-11(6-13(19)18-12(10)5-9)14(20)21-8-15(7-17)3-4-15/h1-2,5-6H,3-4,8H2,(H,18,19). The van der Waals surface area contributed by atoms with E-state index in [1.54, 1.807) is 0 Å². The first-order chi connectivity index (χ1) is 10.0. The Kier molecular flexibility index (Phi) is 2.98. The third kappa shape index (κ3) is 2.50. The number of esters is 1. The normalized spacial score (nSPS) is 15.4. The van der Waals surface area contributed by atoms with Gasteiger partial charge in [-0.25, -0.2) is 9.18 Å². The molecule has 0 bridgehead atoms. The Morgan fingerprint density at radius 1 is 1.43 bits per heavy atom. The van der Waals surface area contributed by atoms with E-state index < -0.39 is 22.8 Å². The third-order valence-corrected chi connectivity index (χ3v) is 3.60. The van der Waals surface area contributed by atoms with Gasteiger partial charge in [-0.3, -0.25) is 4.79 Å². The minimum atomic E-state index is -0.681. The van der Waals surface area contributed by atoms with E-state index in [0.717, 1.165) is 12.1 Å². The van der Waals surface area contributed by atoms with Crippen LogP contribution in [0.4, 0.5) is 4.39 Å². The van der Waals surface area contributed by atoms with Crippen LogP contribution in [0.1, 0.15) is 23.2 Å². The van der Waals surface area contributed by atoms with E-state index in [2.05, 4.69) is 11.1 Å². The first-order valence-corrected chi connectivity index (χ1v) is 6.44. The van der Waals surface area contributed by atoms with E-state index in [9.17, 15) is 14.0 Å². The fraction of sp³-hybridized carbons (Fsp3) is 0.267. The Morgan fingerprint density at radius 3 is 2.86 bits per heavy atom. The minimum Gasteiger partial charge on any atom is -0.460 e. The molecule has 3 rings (SSSR count). The van der Waals surface area contributed by atoms with Crippen LogP contribution in [0.3, 0.4) is 0 Å². The lowest BCUT2D eigenvalue weighted by Crippen LogP contribution is -2.17. The summed E-state index contributed by atoms with van der Waals surface area (Å²) < 4.78 is 18.3. The fourth-order valence-electron chi connectivity index (χ4n) is 2.12. The van der Waals surface area contributed by atoms with Gasteiger partial charge < -0.3 is 9.72 Å². The summed E-state index contributed by atoms with van der Waals surface area (Å²) in [5.41, 5.74) is -0.779. The van der Waals surface area contributed by atoms with Crippen LogP contribution in [-0.2, 0) is 4.74 Å². The molecule has 0 atom stereocenters. The molecule has 1 N–H and O–H groups in total. The lowest BCUT2D eigenvalue weighted by atomic mass is 10.1. The molecule has 1 saturated carbocycles. The van der Waals surface area contributed by atoms with Crippen LogP contribution < -0.4 is 5.56 Å². The van der Waals surface area contributed by atoms with Gasteiger partial charge in [0.25, 0.3) is 0 Å². The molecule has 0 spiro atoms. The summed E-state index contributed by atoms with van der Waals surface area (Å²) >= 11 is 0. The maximum absolute atomic E-state index is 13.2. The summed E-state index contributed by atoms with van der Waals surface area (Å²) in [7, 11) is 0. The van der Waals surface area contributed by atoms with Crippen LogP contribution >= 0.6 is 0 Å². The molecule has 1 aliphatic rings. The predicted molar refractivity (Wildman–Crippen MR) is 72.1 cm³/mol. The lowest BCUT2D eigenvalue weighted by Gasteiger charge is -2.09. The van der Waals surface area contributed by atoms with Crippen LogP contribution in [0.15, 0.2) is 29.1 Å². The van der Waals surface area contributed by atoms with Crippen molar-refractivity contribution in [2.24, 2.45) is 5.41 Å². The molecule has 106 valence electrons. The zero-order valence-electron chi connectivity index (χ0n) is 11.0. The van der Waals surface area contributed by atoms with Crippen molar-refractivity contribution in [3.63, 3.8) is 0 Å². The number of fused-ring (bicyclic) bond motifs is 1. The Labute approximate surface area is 119 Å². The van der Waals surface area contributed by atoms with E-state index in [0.29, 0.717) is 18.2 Å². The number of pyridine rings is 1. The number of carbonyl (C=O) groups is 1. The minimum absolute atomic E-state index is 0.0117. The van der Waals surface area contributed by atoms with Crippen LogP contribution in [0.5, 0.6) is 0 Å². The first-order valence-electron chi connectivity index (χ1n) is 6.44. The topological polar surface area (TPSA) is 82.9 Å². The molecule has 0 saturated heterocycles. The van der Waals surface area contributed by atoms with E-state index in [-0.39, 0.29) is 17.7 Å². The Hall–Kier alpha value is -2.68. The second-order valence-corrected chi connectivity index (χ2v) is 5.21. The molecular weight excluding hydrogens is 275 g/mol. The number of H-pyrrole nitrogens is 1. The molecule has 6 heteroatoms. The van der Waals surface area contributed by atoms with Crippen molar-refractivity contribution < 1.29 is 13.9 Å². The molecule has 0 unspecified atom stereocenters. The zero-order valence-corrected chi connectivity index (χ0v) is 11.0. The van der Waals surface area contributed by atoms with Gasteiger partial charge in [0.05, 0.1) is 22.6 Å². The molecule has 0 radical (unpaired) electrons. The smallest absolute Gasteiger partial charge is 0.339 e. The van der Waals surface area contributed by atoms with Gasteiger partial charge in [-0.15, -0.1) is 0 Å². The second-order valence-electron chi connectivity index (χ2n) is 5.21. The van der Waals surface area contributed by atoms with Gasteiger partial charge in [-0.2, -0.15) is 5.26 Å². The number of hydrogen-bond acceptors (Lipinski definition) is 4. The van der Waals surface area contributed by atoms with Gasteiger partial charge >= 0.3 is 5.97 Å².